The second-order valence-corrected chi connectivity index (χ2v) is 5.50. The molecule has 1 fully saturated rings. The standard InChI is InChI=1S/C16H25N/c1-4-17-16(11-14-6-5-7-14)15-10-12(2)8-9-13(15)3/h8-10,14,16-17H,4-7,11H2,1-3H3. The number of hydrogen-bond donors (Lipinski definition) is 1. The van der Waals surface area contributed by atoms with E-state index in [4.69, 9.17) is 0 Å². The molecule has 0 radical (unpaired) electrons. The molecule has 1 aromatic rings. The summed E-state index contributed by atoms with van der Waals surface area (Å²) in [5, 5.41) is 3.67. The van der Waals surface area contributed by atoms with Gasteiger partial charge in [-0.1, -0.05) is 49.9 Å². The zero-order valence-corrected chi connectivity index (χ0v) is 11.4. The number of nitrogens with one attached hydrogen (secondary N) is 1. The highest BCUT2D eigenvalue weighted by molar-refractivity contribution is 5.33. The summed E-state index contributed by atoms with van der Waals surface area (Å²) in [6.45, 7) is 7.69. The average molecular weight is 231 g/mol. The van der Waals surface area contributed by atoms with Crippen LogP contribution in [0.25, 0.3) is 0 Å². The maximum atomic E-state index is 3.67. The molecule has 1 atom stereocenters. The van der Waals surface area contributed by atoms with Crippen LogP contribution in [0.15, 0.2) is 18.2 Å². The molecule has 1 N–H and O–H groups in total. The second kappa shape index (κ2) is 5.68. The number of hydrogen-bond acceptors (Lipinski definition) is 1. The smallest absolute Gasteiger partial charge is 0.0325 e. The zero-order chi connectivity index (χ0) is 12.3. The summed E-state index contributed by atoms with van der Waals surface area (Å²) in [5.41, 5.74) is 4.32. The van der Waals surface area contributed by atoms with Gasteiger partial charge in [0.2, 0.25) is 0 Å². The lowest BCUT2D eigenvalue weighted by Crippen LogP contribution is -2.26. The SMILES string of the molecule is CCNC(CC1CCC1)c1cc(C)ccc1C. The maximum Gasteiger partial charge on any atom is 0.0325 e. The Morgan fingerprint density at radius 3 is 2.65 bits per heavy atom. The van der Waals surface area contributed by atoms with Gasteiger partial charge in [0.1, 0.15) is 0 Å². The van der Waals surface area contributed by atoms with E-state index in [9.17, 15) is 0 Å². The van der Waals surface area contributed by atoms with Crippen LogP contribution in [0.2, 0.25) is 0 Å². The van der Waals surface area contributed by atoms with Crippen molar-refractivity contribution in [3.63, 3.8) is 0 Å². The summed E-state index contributed by atoms with van der Waals surface area (Å²) in [6, 6.07) is 7.40. The van der Waals surface area contributed by atoms with Gasteiger partial charge in [-0.05, 0) is 43.9 Å². The van der Waals surface area contributed by atoms with Gasteiger partial charge in [0.25, 0.3) is 0 Å². The average Bonchev–Trinajstić information content (AvgIpc) is 2.25. The summed E-state index contributed by atoms with van der Waals surface area (Å²) < 4.78 is 0. The highest BCUT2D eigenvalue weighted by atomic mass is 14.9. The van der Waals surface area contributed by atoms with Crippen LogP contribution < -0.4 is 5.32 Å². The van der Waals surface area contributed by atoms with Crippen molar-refractivity contribution >= 4 is 0 Å². The van der Waals surface area contributed by atoms with Crippen molar-refractivity contribution in [2.75, 3.05) is 6.54 Å². The first-order valence-electron chi connectivity index (χ1n) is 7.01. The van der Waals surface area contributed by atoms with Crippen LogP contribution >= 0.6 is 0 Å². The largest absolute Gasteiger partial charge is 0.310 e. The molecular weight excluding hydrogens is 206 g/mol. The highest BCUT2D eigenvalue weighted by Gasteiger charge is 2.23. The summed E-state index contributed by atoms with van der Waals surface area (Å²) in [6.07, 6.45) is 5.63. The van der Waals surface area contributed by atoms with Crippen LogP contribution in [0.1, 0.15) is 55.3 Å². The predicted molar refractivity (Wildman–Crippen MR) is 74.3 cm³/mol. The molecule has 0 amide bonds. The monoisotopic (exact) mass is 231 g/mol. The lowest BCUT2D eigenvalue weighted by atomic mass is 9.79. The van der Waals surface area contributed by atoms with Gasteiger partial charge in [0.15, 0.2) is 0 Å². The number of aryl methyl sites for hydroxylation is 2. The Balaban J connectivity index is 2.14. The van der Waals surface area contributed by atoms with E-state index in [0.717, 1.165) is 12.5 Å². The van der Waals surface area contributed by atoms with Gasteiger partial charge in [-0.15, -0.1) is 0 Å². The van der Waals surface area contributed by atoms with Crippen molar-refractivity contribution in [1.82, 2.24) is 5.32 Å². The third-order valence-corrected chi connectivity index (χ3v) is 4.05. The molecule has 0 aliphatic heterocycles. The summed E-state index contributed by atoms with van der Waals surface area (Å²) >= 11 is 0. The fraction of sp³-hybridized carbons (Fsp3) is 0.625. The third-order valence-electron chi connectivity index (χ3n) is 4.05. The molecule has 1 unspecified atom stereocenters. The van der Waals surface area contributed by atoms with Gasteiger partial charge in [-0.25, -0.2) is 0 Å². The number of rotatable bonds is 5. The highest BCUT2D eigenvalue weighted by Crippen LogP contribution is 2.35. The molecule has 94 valence electrons. The molecular formula is C16H25N. The second-order valence-electron chi connectivity index (χ2n) is 5.50. The van der Waals surface area contributed by atoms with E-state index in [1.165, 1.54) is 42.4 Å². The lowest BCUT2D eigenvalue weighted by molar-refractivity contribution is 0.262. The van der Waals surface area contributed by atoms with E-state index in [2.05, 4.69) is 44.3 Å². The van der Waals surface area contributed by atoms with Gasteiger partial charge in [-0.3, -0.25) is 0 Å². The normalized spacial score (nSPS) is 17.8. The van der Waals surface area contributed by atoms with Crippen molar-refractivity contribution in [1.29, 1.82) is 0 Å². The molecule has 0 saturated heterocycles. The zero-order valence-electron chi connectivity index (χ0n) is 11.4. The topological polar surface area (TPSA) is 12.0 Å². The Bertz CT molecular complexity index is 366. The molecule has 0 bridgehead atoms. The first kappa shape index (κ1) is 12.6. The summed E-state index contributed by atoms with van der Waals surface area (Å²) in [5.74, 6) is 0.957. The van der Waals surface area contributed by atoms with E-state index in [1.54, 1.807) is 0 Å². The van der Waals surface area contributed by atoms with Gasteiger partial charge in [0, 0.05) is 6.04 Å². The van der Waals surface area contributed by atoms with Gasteiger partial charge in [-0.2, -0.15) is 0 Å². The Morgan fingerprint density at radius 2 is 2.06 bits per heavy atom. The molecule has 17 heavy (non-hydrogen) atoms. The fourth-order valence-corrected chi connectivity index (χ4v) is 2.76. The summed E-state index contributed by atoms with van der Waals surface area (Å²) in [7, 11) is 0. The van der Waals surface area contributed by atoms with E-state index in [0.29, 0.717) is 6.04 Å². The predicted octanol–water partition coefficient (Wildman–Crippen LogP) is 4.14. The Kier molecular flexibility index (Phi) is 4.22. The van der Waals surface area contributed by atoms with Gasteiger partial charge >= 0.3 is 0 Å². The molecule has 1 heteroatoms. The number of benzene rings is 1. The maximum absolute atomic E-state index is 3.67. The first-order chi connectivity index (χ1) is 8.20. The van der Waals surface area contributed by atoms with Crippen molar-refractivity contribution in [2.24, 2.45) is 5.92 Å². The Hall–Kier alpha value is -0.820. The van der Waals surface area contributed by atoms with Crippen LogP contribution in [0.5, 0.6) is 0 Å². The minimum absolute atomic E-state index is 0.560. The molecule has 0 heterocycles. The fourth-order valence-electron chi connectivity index (χ4n) is 2.76. The van der Waals surface area contributed by atoms with Gasteiger partial charge in [0.05, 0.1) is 0 Å². The third kappa shape index (κ3) is 3.10. The van der Waals surface area contributed by atoms with Crippen LogP contribution in [0.4, 0.5) is 0 Å². The van der Waals surface area contributed by atoms with E-state index in [-0.39, 0.29) is 0 Å². The van der Waals surface area contributed by atoms with Crippen LogP contribution in [-0.4, -0.2) is 6.54 Å². The molecule has 2 rings (SSSR count). The molecule has 0 aromatic heterocycles. The van der Waals surface area contributed by atoms with Crippen molar-refractivity contribution in [3.8, 4) is 0 Å². The van der Waals surface area contributed by atoms with Crippen LogP contribution in [-0.2, 0) is 0 Å². The first-order valence-corrected chi connectivity index (χ1v) is 7.01. The minimum atomic E-state index is 0.560. The quantitative estimate of drug-likeness (QED) is 0.803. The van der Waals surface area contributed by atoms with Crippen molar-refractivity contribution < 1.29 is 0 Å². The van der Waals surface area contributed by atoms with Crippen LogP contribution in [0.3, 0.4) is 0 Å². The molecule has 1 saturated carbocycles. The van der Waals surface area contributed by atoms with E-state index >= 15 is 0 Å². The minimum Gasteiger partial charge on any atom is -0.310 e. The molecule has 1 aromatic carbocycles. The molecule has 1 aliphatic carbocycles. The van der Waals surface area contributed by atoms with E-state index < -0.39 is 0 Å². The van der Waals surface area contributed by atoms with Crippen LogP contribution in [0, 0.1) is 19.8 Å². The molecule has 0 spiro atoms. The van der Waals surface area contributed by atoms with Gasteiger partial charge < -0.3 is 5.32 Å². The lowest BCUT2D eigenvalue weighted by Gasteiger charge is -2.31. The molecule has 1 nitrogen and oxygen atoms in total. The van der Waals surface area contributed by atoms with Crippen molar-refractivity contribution in [2.45, 2.75) is 52.5 Å². The summed E-state index contributed by atoms with van der Waals surface area (Å²) in [4.78, 5) is 0. The van der Waals surface area contributed by atoms with Crippen molar-refractivity contribution in [3.05, 3.63) is 34.9 Å². The Labute approximate surface area is 106 Å². The molecule has 1 aliphatic rings. The van der Waals surface area contributed by atoms with E-state index in [1.807, 2.05) is 0 Å². The Morgan fingerprint density at radius 1 is 1.29 bits per heavy atom.